The first kappa shape index (κ1) is 28.7. The molecule has 0 spiro atoms. The first-order valence-electron chi connectivity index (χ1n) is 12.2. The van der Waals surface area contributed by atoms with Crippen LogP contribution in [0.15, 0.2) is 42.1 Å². The fraction of sp³-hybridized carbons (Fsp3) is 0.560. The summed E-state index contributed by atoms with van der Waals surface area (Å²) < 4.78 is 33.0. The number of alkyl halides is 2. The maximum atomic E-state index is 13.7. The Balaban J connectivity index is 1.59. The van der Waals surface area contributed by atoms with Gasteiger partial charge in [-0.25, -0.2) is 13.6 Å². The van der Waals surface area contributed by atoms with E-state index in [9.17, 15) is 28.4 Å². The van der Waals surface area contributed by atoms with E-state index in [2.05, 4.69) is 10.2 Å². The van der Waals surface area contributed by atoms with Crippen LogP contribution >= 0.6 is 0 Å². The highest BCUT2D eigenvalue weighted by molar-refractivity contribution is 6.43. The normalized spacial score (nSPS) is 21.3. The highest BCUT2D eigenvalue weighted by Gasteiger charge is 2.43. The minimum atomic E-state index is -2.79. The van der Waals surface area contributed by atoms with E-state index < -0.39 is 49.0 Å². The number of morpholine rings is 1. The molecule has 0 aromatic heterocycles. The summed E-state index contributed by atoms with van der Waals surface area (Å²) in [4.78, 5) is 32.1. The van der Waals surface area contributed by atoms with Gasteiger partial charge in [0.1, 0.15) is 0 Å². The highest BCUT2D eigenvalue weighted by atomic mass is 19.3. The molecule has 0 saturated carbocycles. The van der Waals surface area contributed by atoms with Crippen molar-refractivity contribution in [2.24, 2.45) is 0 Å². The Morgan fingerprint density at radius 1 is 1.32 bits per heavy atom. The number of amides is 2. The predicted octanol–water partition coefficient (Wildman–Crippen LogP) is 1.27. The largest absolute Gasteiger partial charge is 0.475 e. The summed E-state index contributed by atoms with van der Waals surface area (Å²) in [5.41, 5.74) is -0.262. The average Bonchev–Trinajstić information content (AvgIpc) is 3.23. The molecule has 1 aromatic carbocycles. The molecule has 2 fully saturated rings. The van der Waals surface area contributed by atoms with Crippen LogP contribution in [-0.2, 0) is 20.7 Å². The number of rotatable bonds is 9. The van der Waals surface area contributed by atoms with Gasteiger partial charge >= 0.3 is 7.12 Å². The number of ether oxygens (including phenoxy) is 1. The van der Waals surface area contributed by atoms with Crippen molar-refractivity contribution < 1.29 is 33.2 Å². The third kappa shape index (κ3) is 8.07. The molecule has 200 valence electrons. The van der Waals surface area contributed by atoms with E-state index in [1.807, 2.05) is 30.3 Å². The number of carbonyl (C=O) groups excluding carboxylic acids is 2. The van der Waals surface area contributed by atoms with E-state index in [-0.39, 0.29) is 51.2 Å². The summed E-state index contributed by atoms with van der Waals surface area (Å²) in [6.07, 6.45) is 0.616. The van der Waals surface area contributed by atoms with Crippen LogP contribution in [-0.4, -0.2) is 95.1 Å². The maximum Gasteiger partial charge on any atom is 0.475 e. The van der Waals surface area contributed by atoms with Crippen LogP contribution in [0.1, 0.15) is 32.3 Å². The molecular formula is C25H33BF2N4O5. The molecule has 2 aliphatic rings. The minimum absolute atomic E-state index is 0.0619. The lowest BCUT2D eigenvalue weighted by Crippen LogP contribution is -2.51. The zero-order valence-corrected chi connectivity index (χ0v) is 21.1. The molecule has 2 aliphatic heterocycles. The topological polar surface area (TPSA) is 107 Å². The molecule has 0 unspecified atom stereocenters. The van der Waals surface area contributed by atoms with Crippen molar-refractivity contribution in [3.8, 4) is 0 Å². The standard InChI is InChI=1S/C25H33BF2N4O5/c1-24(2,32-10-9-25(27,28)17-32)15-20(29-3)23(34)31-11-12-37-19(16-31)14-22(33)30-21(26(35)36)13-18-7-5-4-6-8-18/h4-8,15,19,21,35-36H,9-14,16-17H2,1-2H3,(H,30,33)/t19-,21-/m0/s1. The van der Waals surface area contributed by atoms with Crippen molar-refractivity contribution in [1.29, 1.82) is 0 Å². The molecule has 3 rings (SSSR count). The van der Waals surface area contributed by atoms with Crippen molar-refractivity contribution in [2.45, 2.75) is 56.6 Å². The van der Waals surface area contributed by atoms with Gasteiger partial charge in [-0.1, -0.05) is 36.4 Å². The van der Waals surface area contributed by atoms with Crippen LogP contribution in [0.5, 0.6) is 0 Å². The first-order chi connectivity index (χ1) is 17.4. The second-order valence-electron chi connectivity index (χ2n) is 10.0. The molecule has 3 N–H and O–H groups in total. The summed E-state index contributed by atoms with van der Waals surface area (Å²) in [7, 11) is -1.76. The zero-order valence-electron chi connectivity index (χ0n) is 21.1. The molecule has 37 heavy (non-hydrogen) atoms. The summed E-state index contributed by atoms with van der Waals surface area (Å²) in [5, 5.41) is 22.0. The third-order valence-corrected chi connectivity index (χ3v) is 6.66. The Morgan fingerprint density at radius 3 is 2.62 bits per heavy atom. The van der Waals surface area contributed by atoms with Crippen LogP contribution in [0.3, 0.4) is 0 Å². The second kappa shape index (κ2) is 12.1. The Morgan fingerprint density at radius 2 is 2.03 bits per heavy atom. The smallest absolute Gasteiger partial charge is 0.426 e. The Hall–Kier alpha value is -2.85. The minimum Gasteiger partial charge on any atom is -0.426 e. The van der Waals surface area contributed by atoms with Gasteiger partial charge in [-0.2, -0.15) is 0 Å². The third-order valence-electron chi connectivity index (χ3n) is 6.66. The summed E-state index contributed by atoms with van der Waals surface area (Å²) >= 11 is 0. The molecular weight excluding hydrogens is 485 g/mol. The van der Waals surface area contributed by atoms with Gasteiger partial charge in [0.15, 0.2) is 0 Å². The summed E-state index contributed by atoms with van der Waals surface area (Å²) in [6.45, 7) is 11.1. The van der Waals surface area contributed by atoms with Crippen molar-refractivity contribution in [2.75, 3.05) is 32.8 Å². The number of hydrogen-bond acceptors (Lipinski definition) is 6. The number of nitrogens with zero attached hydrogens (tertiary/aromatic N) is 3. The number of benzene rings is 1. The Kier molecular flexibility index (Phi) is 9.42. The number of hydrogen-bond donors (Lipinski definition) is 3. The average molecular weight is 518 g/mol. The summed E-state index contributed by atoms with van der Waals surface area (Å²) in [5.74, 6) is -4.73. The molecule has 2 atom stereocenters. The Labute approximate surface area is 216 Å². The molecule has 2 amide bonds. The summed E-state index contributed by atoms with van der Waals surface area (Å²) in [6, 6.07) is 9.09. The van der Waals surface area contributed by atoms with Crippen LogP contribution in [0.25, 0.3) is 4.85 Å². The van der Waals surface area contributed by atoms with E-state index in [1.165, 1.54) is 11.0 Å². The van der Waals surface area contributed by atoms with Crippen LogP contribution in [0, 0.1) is 6.57 Å². The van der Waals surface area contributed by atoms with Gasteiger partial charge in [-0.15, -0.1) is 0 Å². The van der Waals surface area contributed by atoms with E-state index >= 15 is 0 Å². The van der Waals surface area contributed by atoms with Gasteiger partial charge < -0.3 is 25.0 Å². The molecule has 1 aromatic rings. The predicted molar refractivity (Wildman–Crippen MR) is 133 cm³/mol. The molecule has 12 heteroatoms. The van der Waals surface area contributed by atoms with Gasteiger partial charge in [-0.05, 0) is 25.8 Å². The van der Waals surface area contributed by atoms with E-state index in [1.54, 1.807) is 18.7 Å². The maximum absolute atomic E-state index is 13.7. The number of likely N-dealkylation sites (tertiary alicyclic amines) is 1. The lowest BCUT2D eigenvalue weighted by atomic mass is 9.76. The van der Waals surface area contributed by atoms with Crippen LogP contribution in [0.4, 0.5) is 8.78 Å². The fourth-order valence-electron chi connectivity index (χ4n) is 4.56. The lowest BCUT2D eigenvalue weighted by molar-refractivity contribution is -0.138. The molecule has 2 saturated heterocycles. The van der Waals surface area contributed by atoms with E-state index in [0.717, 1.165) is 5.56 Å². The monoisotopic (exact) mass is 518 g/mol. The SMILES string of the molecule is [C-]#[N+]C(=CC(C)(C)N1CCC(F)(F)C1)C(=O)N1CCO[C@@H](CC(=O)N[C@@H](Cc2ccccc2)B(O)O)C1. The quantitative estimate of drug-likeness (QED) is 0.258. The zero-order chi connectivity index (χ0) is 27.2. The van der Waals surface area contributed by atoms with Gasteiger partial charge in [0.2, 0.25) is 11.6 Å². The highest BCUT2D eigenvalue weighted by Crippen LogP contribution is 2.33. The lowest BCUT2D eigenvalue weighted by Gasteiger charge is -2.35. The second-order valence-corrected chi connectivity index (χ2v) is 10.0. The van der Waals surface area contributed by atoms with Crippen molar-refractivity contribution in [1.82, 2.24) is 15.1 Å². The van der Waals surface area contributed by atoms with Gasteiger partial charge in [0.05, 0.1) is 38.2 Å². The van der Waals surface area contributed by atoms with Crippen LogP contribution < -0.4 is 5.32 Å². The fourth-order valence-corrected chi connectivity index (χ4v) is 4.56. The van der Waals surface area contributed by atoms with Gasteiger partial charge in [0.25, 0.3) is 11.8 Å². The molecule has 9 nitrogen and oxygen atoms in total. The molecule has 0 radical (unpaired) electrons. The molecule has 2 heterocycles. The van der Waals surface area contributed by atoms with Crippen molar-refractivity contribution >= 4 is 18.9 Å². The van der Waals surface area contributed by atoms with Gasteiger partial charge in [0, 0.05) is 31.6 Å². The number of halogens is 2. The van der Waals surface area contributed by atoms with Crippen molar-refractivity contribution in [3.63, 3.8) is 0 Å². The molecule has 0 bridgehead atoms. The van der Waals surface area contributed by atoms with Crippen molar-refractivity contribution in [3.05, 3.63) is 59.1 Å². The number of carbonyl (C=O) groups is 2. The van der Waals surface area contributed by atoms with E-state index in [0.29, 0.717) is 0 Å². The van der Waals surface area contributed by atoms with Gasteiger partial charge in [-0.3, -0.25) is 14.5 Å². The van der Waals surface area contributed by atoms with Crippen LogP contribution in [0.2, 0.25) is 0 Å². The Bertz CT molecular complexity index is 1030. The molecule has 0 aliphatic carbocycles. The van der Waals surface area contributed by atoms with E-state index in [4.69, 9.17) is 11.3 Å². The number of nitrogens with one attached hydrogen (secondary N) is 1. The first-order valence-corrected chi connectivity index (χ1v) is 12.2.